The number of allylic oxidation sites excluding steroid dienone is 1. The zero-order valence-electron chi connectivity index (χ0n) is 14.2. The Balaban J connectivity index is 2.24. The van der Waals surface area contributed by atoms with Gasteiger partial charge in [-0.1, -0.05) is 18.2 Å². The predicted molar refractivity (Wildman–Crippen MR) is 96.6 cm³/mol. The molecule has 3 heteroatoms. The van der Waals surface area contributed by atoms with Gasteiger partial charge >= 0.3 is 0 Å². The molecule has 23 heavy (non-hydrogen) atoms. The van der Waals surface area contributed by atoms with Gasteiger partial charge in [-0.25, -0.2) is 0 Å². The normalized spacial score (nSPS) is 10.2. The van der Waals surface area contributed by atoms with Crippen molar-refractivity contribution < 1.29 is 9.47 Å². The first-order valence-corrected chi connectivity index (χ1v) is 7.92. The largest absolute Gasteiger partial charge is 0.493 e. The van der Waals surface area contributed by atoms with Gasteiger partial charge in [-0.3, -0.25) is 0 Å². The lowest BCUT2D eigenvalue weighted by Crippen LogP contribution is -2.04. The van der Waals surface area contributed by atoms with Crippen LogP contribution in [0.25, 0.3) is 0 Å². The third-order valence-electron chi connectivity index (χ3n) is 3.58. The van der Waals surface area contributed by atoms with Crippen molar-refractivity contribution in [2.24, 2.45) is 0 Å². The molecular formula is C20H25NO2. The summed E-state index contributed by atoms with van der Waals surface area (Å²) in [6.45, 7) is 9.25. The van der Waals surface area contributed by atoms with E-state index in [0.29, 0.717) is 6.61 Å². The zero-order valence-corrected chi connectivity index (χ0v) is 14.2. The minimum Gasteiger partial charge on any atom is -0.493 e. The molecule has 0 aliphatic rings. The fourth-order valence-corrected chi connectivity index (χ4v) is 2.55. The van der Waals surface area contributed by atoms with Gasteiger partial charge in [0.2, 0.25) is 0 Å². The van der Waals surface area contributed by atoms with E-state index >= 15 is 0 Å². The number of ether oxygens (including phenoxy) is 2. The summed E-state index contributed by atoms with van der Waals surface area (Å²) < 4.78 is 11.3. The van der Waals surface area contributed by atoms with E-state index in [1.165, 1.54) is 5.56 Å². The van der Waals surface area contributed by atoms with E-state index in [2.05, 4.69) is 49.2 Å². The van der Waals surface area contributed by atoms with Crippen LogP contribution < -0.4 is 14.8 Å². The molecule has 0 heterocycles. The van der Waals surface area contributed by atoms with Gasteiger partial charge in [-0.2, -0.15) is 0 Å². The van der Waals surface area contributed by atoms with Crippen molar-refractivity contribution in [3.05, 3.63) is 65.7 Å². The molecule has 2 rings (SSSR count). The Morgan fingerprint density at radius 1 is 1.22 bits per heavy atom. The predicted octanol–water partition coefficient (Wildman–Crippen LogP) is 4.74. The first-order valence-electron chi connectivity index (χ1n) is 7.92. The molecule has 0 aliphatic carbocycles. The average Bonchev–Trinajstić information content (AvgIpc) is 2.55. The number of benzene rings is 2. The summed E-state index contributed by atoms with van der Waals surface area (Å²) >= 11 is 0. The van der Waals surface area contributed by atoms with Crippen LogP contribution >= 0.6 is 0 Å². The van der Waals surface area contributed by atoms with E-state index < -0.39 is 0 Å². The second-order valence-corrected chi connectivity index (χ2v) is 5.44. The van der Waals surface area contributed by atoms with Gasteiger partial charge in [-0.15, -0.1) is 6.58 Å². The summed E-state index contributed by atoms with van der Waals surface area (Å²) in [6.07, 6.45) is 2.64. The molecule has 2 aromatic carbocycles. The number of methoxy groups -OCH3 is 1. The van der Waals surface area contributed by atoms with Gasteiger partial charge < -0.3 is 14.8 Å². The summed E-state index contributed by atoms with van der Waals surface area (Å²) in [4.78, 5) is 0. The molecule has 0 amide bonds. The molecule has 0 bridgehead atoms. The van der Waals surface area contributed by atoms with E-state index in [9.17, 15) is 0 Å². The summed E-state index contributed by atoms with van der Waals surface area (Å²) in [5, 5.41) is 3.45. The fourth-order valence-electron chi connectivity index (χ4n) is 2.55. The van der Waals surface area contributed by atoms with Crippen molar-refractivity contribution in [1.29, 1.82) is 0 Å². The van der Waals surface area contributed by atoms with Gasteiger partial charge in [0.25, 0.3) is 0 Å². The number of hydrogen-bond acceptors (Lipinski definition) is 3. The molecule has 122 valence electrons. The quantitative estimate of drug-likeness (QED) is 0.714. The van der Waals surface area contributed by atoms with Crippen molar-refractivity contribution in [3.63, 3.8) is 0 Å². The number of hydrogen-bond donors (Lipinski definition) is 1. The molecule has 0 aromatic heterocycles. The molecule has 0 saturated heterocycles. The third-order valence-corrected chi connectivity index (χ3v) is 3.58. The van der Waals surface area contributed by atoms with Crippen LogP contribution in [0.4, 0.5) is 5.69 Å². The number of nitrogens with one attached hydrogen (secondary N) is 1. The topological polar surface area (TPSA) is 30.5 Å². The van der Waals surface area contributed by atoms with Crippen LogP contribution in [0.2, 0.25) is 0 Å². The van der Waals surface area contributed by atoms with Crippen molar-refractivity contribution in [1.82, 2.24) is 0 Å². The first kappa shape index (κ1) is 16.9. The molecule has 0 fully saturated rings. The lowest BCUT2D eigenvalue weighted by atomic mass is 10.1. The Morgan fingerprint density at radius 3 is 2.70 bits per heavy atom. The monoisotopic (exact) mass is 311 g/mol. The van der Waals surface area contributed by atoms with Crippen LogP contribution in [0, 0.1) is 6.92 Å². The van der Waals surface area contributed by atoms with Crippen LogP contribution in [0.3, 0.4) is 0 Å². The van der Waals surface area contributed by atoms with E-state index in [1.807, 2.05) is 19.1 Å². The van der Waals surface area contributed by atoms with Crippen molar-refractivity contribution >= 4 is 5.69 Å². The average molecular weight is 311 g/mol. The van der Waals surface area contributed by atoms with Gasteiger partial charge in [0.15, 0.2) is 11.5 Å². The van der Waals surface area contributed by atoms with Gasteiger partial charge in [-0.05, 0) is 55.7 Å². The minimum absolute atomic E-state index is 0.612. The third kappa shape index (κ3) is 4.52. The highest BCUT2D eigenvalue weighted by atomic mass is 16.5. The SMILES string of the molecule is C=CCc1cc(CNc2cccc(C)c2)cc(OC)c1OCC. The van der Waals surface area contributed by atoms with Gasteiger partial charge in [0, 0.05) is 17.8 Å². The smallest absolute Gasteiger partial charge is 0.164 e. The van der Waals surface area contributed by atoms with Crippen LogP contribution in [0.15, 0.2) is 49.1 Å². The molecule has 3 nitrogen and oxygen atoms in total. The highest BCUT2D eigenvalue weighted by Crippen LogP contribution is 2.33. The minimum atomic E-state index is 0.612. The van der Waals surface area contributed by atoms with Gasteiger partial charge in [0.1, 0.15) is 0 Å². The van der Waals surface area contributed by atoms with E-state index in [-0.39, 0.29) is 0 Å². The fraction of sp³-hybridized carbons (Fsp3) is 0.300. The number of anilines is 1. The molecular weight excluding hydrogens is 286 g/mol. The van der Waals surface area contributed by atoms with E-state index in [4.69, 9.17) is 9.47 Å². The van der Waals surface area contributed by atoms with E-state index in [1.54, 1.807) is 7.11 Å². The molecule has 2 aromatic rings. The second kappa shape index (κ2) is 8.28. The summed E-state index contributed by atoms with van der Waals surface area (Å²) in [7, 11) is 1.67. The molecule has 0 unspecified atom stereocenters. The summed E-state index contributed by atoms with van der Waals surface area (Å²) in [5.41, 5.74) is 4.61. The van der Waals surface area contributed by atoms with Crippen LogP contribution in [0.1, 0.15) is 23.6 Å². The standard InChI is InChI=1S/C20H25NO2/c1-5-8-17-12-16(13-19(22-4)20(17)23-6-2)14-21-18-10-7-9-15(3)11-18/h5,7,9-13,21H,1,6,8,14H2,2-4H3. The van der Waals surface area contributed by atoms with Gasteiger partial charge in [0.05, 0.1) is 13.7 Å². The van der Waals surface area contributed by atoms with Crippen LogP contribution in [-0.4, -0.2) is 13.7 Å². The Morgan fingerprint density at radius 2 is 2.04 bits per heavy atom. The second-order valence-electron chi connectivity index (χ2n) is 5.44. The number of rotatable bonds is 8. The van der Waals surface area contributed by atoms with Crippen molar-refractivity contribution in [3.8, 4) is 11.5 Å². The maximum atomic E-state index is 5.75. The molecule has 0 saturated carbocycles. The molecule has 0 spiro atoms. The highest BCUT2D eigenvalue weighted by molar-refractivity contribution is 5.52. The Labute approximate surface area is 138 Å². The van der Waals surface area contributed by atoms with Crippen LogP contribution in [0.5, 0.6) is 11.5 Å². The maximum absolute atomic E-state index is 5.75. The molecule has 0 aliphatic heterocycles. The number of aryl methyl sites for hydroxylation is 1. The highest BCUT2D eigenvalue weighted by Gasteiger charge is 2.12. The molecule has 1 N–H and O–H groups in total. The first-order chi connectivity index (χ1) is 11.2. The van der Waals surface area contributed by atoms with Crippen molar-refractivity contribution in [2.45, 2.75) is 26.8 Å². The molecule has 0 atom stereocenters. The molecule has 0 radical (unpaired) electrons. The van der Waals surface area contributed by atoms with Crippen LogP contribution in [-0.2, 0) is 13.0 Å². The van der Waals surface area contributed by atoms with E-state index in [0.717, 1.165) is 41.3 Å². The lowest BCUT2D eigenvalue weighted by molar-refractivity contribution is 0.308. The summed E-state index contributed by atoms with van der Waals surface area (Å²) in [5.74, 6) is 1.58. The zero-order chi connectivity index (χ0) is 16.7. The Kier molecular flexibility index (Phi) is 6.10. The Bertz CT molecular complexity index is 665. The summed E-state index contributed by atoms with van der Waals surface area (Å²) in [6, 6.07) is 12.5. The van der Waals surface area contributed by atoms with Crippen molar-refractivity contribution in [2.75, 3.05) is 19.0 Å². The maximum Gasteiger partial charge on any atom is 0.164 e. The Hall–Kier alpha value is -2.42. The lowest BCUT2D eigenvalue weighted by Gasteiger charge is -2.16.